The maximum absolute atomic E-state index is 4.74. The molecule has 0 amide bonds. The zero-order chi connectivity index (χ0) is 35.3. The van der Waals surface area contributed by atoms with E-state index < -0.39 is 0 Å². The van der Waals surface area contributed by atoms with E-state index >= 15 is 0 Å². The van der Waals surface area contributed by atoms with E-state index in [1.54, 1.807) is 6.20 Å². The molecule has 0 fully saturated rings. The van der Waals surface area contributed by atoms with Crippen LogP contribution in [0, 0.1) is 26.0 Å². The van der Waals surface area contributed by atoms with Crippen LogP contribution in [-0.4, -0.2) is 15.0 Å². The van der Waals surface area contributed by atoms with Crippen LogP contribution in [0.5, 0.6) is 0 Å². The third-order valence-corrected chi connectivity index (χ3v) is 9.28. The fourth-order valence-electron chi connectivity index (χ4n) is 6.72. The molecule has 3 heterocycles. The van der Waals surface area contributed by atoms with E-state index in [1.807, 2.05) is 79.1 Å². The minimum Gasteiger partial charge on any atom is -0.305 e. The first-order valence-electron chi connectivity index (χ1n) is 17.4. The summed E-state index contributed by atoms with van der Waals surface area (Å²) in [5.74, 6) is 0. The van der Waals surface area contributed by atoms with Gasteiger partial charge in [-0.25, -0.2) is 0 Å². The summed E-state index contributed by atoms with van der Waals surface area (Å²) in [7, 11) is 0. The van der Waals surface area contributed by atoms with Gasteiger partial charge in [-0.3, -0.25) is 4.98 Å². The van der Waals surface area contributed by atoms with Crippen molar-refractivity contribution in [3.8, 4) is 55.9 Å². The van der Waals surface area contributed by atoms with Crippen LogP contribution in [0.15, 0.2) is 176 Å². The predicted octanol–water partition coefficient (Wildman–Crippen LogP) is 12.4. The fraction of sp³-hybridized carbons (Fsp3) is 0.0408. The second-order valence-corrected chi connectivity index (χ2v) is 12.9. The van der Waals surface area contributed by atoms with E-state index in [-0.39, 0.29) is 20.1 Å². The van der Waals surface area contributed by atoms with Gasteiger partial charge in [0.05, 0.1) is 5.52 Å². The monoisotopic (exact) mass is 858 g/mol. The first kappa shape index (κ1) is 35.3. The predicted molar refractivity (Wildman–Crippen MR) is 216 cm³/mol. The number of hydrogen-bond donors (Lipinski definition) is 0. The molecule has 3 aromatic heterocycles. The third kappa shape index (κ3) is 7.76. The second kappa shape index (κ2) is 16.1. The third-order valence-electron chi connectivity index (χ3n) is 9.28. The van der Waals surface area contributed by atoms with Gasteiger partial charge >= 0.3 is 0 Å². The van der Waals surface area contributed by atoms with Crippen LogP contribution < -0.4 is 0 Å². The standard InChI is InChI=1S/C38H27N2.C11H8N.Ir/c1-25-9-7-10-27(19-25)29-20-30(35-23-28(16-15-26(35)2)37-14-5-6-17-39-37)22-31(21-29)36-24-38-34(13-8-18-40-38)32-11-3-4-12-33(32)36;1-2-6-10(7-3-1)11-8-4-5-9-12-11;/h3-15,17-24H,1-2H3;1-6,8-9H;/q2*-1;. The van der Waals surface area contributed by atoms with Gasteiger partial charge in [0.25, 0.3) is 0 Å². The number of benzene rings is 6. The van der Waals surface area contributed by atoms with E-state index in [0.717, 1.165) is 28.0 Å². The maximum atomic E-state index is 4.74. The van der Waals surface area contributed by atoms with Crippen molar-refractivity contribution >= 4 is 21.7 Å². The fourth-order valence-corrected chi connectivity index (χ4v) is 6.72. The van der Waals surface area contributed by atoms with Gasteiger partial charge in [0.15, 0.2) is 0 Å². The molecule has 0 aliphatic heterocycles. The number of hydrogen-bond acceptors (Lipinski definition) is 3. The van der Waals surface area contributed by atoms with E-state index in [9.17, 15) is 0 Å². The van der Waals surface area contributed by atoms with Crippen LogP contribution in [0.3, 0.4) is 0 Å². The SMILES string of the molecule is Cc1cccc(-c2cc(-c3cc(-c4ccccn4)[c-]cc3C)cc(-c3cc4ncccc4c4ccccc34)c2)c1.[Ir].[c-]1ccccc1-c1ccccn1. The summed E-state index contributed by atoms with van der Waals surface area (Å²) in [6.45, 7) is 4.30. The van der Waals surface area contributed by atoms with Crippen LogP contribution >= 0.6 is 0 Å². The summed E-state index contributed by atoms with van der Waals surface area (Å²) in [5.41, 5.74) is 14.4. The largest absolute Gasteiger partial charge is 0.305 e. The van der Waals surface area contributed by atoms with Gasteiger partial charge in [-0.1, -0.05) is 96.9 Å². The molecule has 0 aliphatic rings. The Hall–Kier alpha value is -6.06. The number of aromatic nitrogens is 3. The van der Waals surface area contributed by atoms with Gasteiger partial charge in [-0.05, 0) is 99.4 Å². The molecule has 6 aromatic carbocycles. The maximum Gasteiger partial charge on any atom is 0.0714 e. The summed E-state index contributed by atoms with van der Waals surface area (Å²) in [5, 5.41) is 3.61. The number of rotatable bonds is 5. The molecule has 0 atom stereocenters. The van der Waals surface area contributed by atoms with E-state index in [0.29, 0.717) is 0 Å². The molecule has 0 saturated heterocycles. The van der Waals surface area contributed by atoms with Crippen molar-refractivity contribution in [2.24, 2.45) is 0 Å². The van der Waals surface area contributed by atoms with Crippen molar-refractivity contribution in [1.82, 2.24) is 15.0 Å². The van der Waals surface area contributed by atoms with Crippen LogP contribution in [0.2, 0.25) is 0 Å². The molecule has 3 nitrogen and oxygen atoms in total. The zero-order valence-corrected chi connectivity index (χ0v) is 31.8. The molecule has 257 valence electrons. The Morgan fingerprint density at radius 2 is 1.09 bits per heavy atom. The Morgan fingerprint density at radius 1 is 0.434 bits per heavy atom. The van der Waals surface area contributed by atoms with E-state index in [2.05, 4.69) is 127 Å². The van der Waals surface area contributed by atoms with Crippen LogP contribution in [0.4, 0.5) is 0 Å². The van der Waals surface area contributed by atoms with Crippen molar-refractivity contribution < 1.29 is 20.1 Å². The van der Waals surface area contributed by atoms with Crippen molar-refractivity contribution in [2.75, 3.05) is 0 Å². The minimum absolute atomic E-state index is 0. The summed E-state index contributed by atoms with van der Waals surface area (Å²) in [4.78, 5) is 13.5. The molecule has 0 bridgehead atoms. The molecule has 1 radical (unpaired) electrons. The van der Waals surface area contributed by atoms with Gasteiger partial charge in [0.2, 0.25) is 0 Å². The van der Waals surface area contributed by atoms with Crippen molar-refractivity contribution in [1.29, 1.82) is 0 Å². The smallest absolute Gasteiger partial charge is 0.0714 e. The van der Waals surface area contributed by atoms with Gasteiger partial charge in [0.1, 0.15) is 0 Å². The van der Waals surface area contributed by atoms with Crippen LogP contribution in [-0.2, 0) is 20.1 Å². The first-order chi connectivity index (χ1) is 25.6. The van der Waals surface area contributed by atoms with Crippen molar-refractivity contribution in [3.63, 3.8) is 0 Å². The van der Waals surface area contributed by atoms with Gasteiger partial charge in [-0.2, -0.15) is 0 Å². The molecule has 53 heavy (non-hydrogen) atoms. The molecule has 0 N–H and O–H groups in total. The molecular formula is C49H35IrN3-2. The Balaban J connectivity index is 0.000000284. The van der Waals surface area contributed by atoms with Gasteiger partial charge in [-0.15, -0.1) is 65.2 Å². The molecule has 9 aromatic rings. The van der Waals surface area contributed by atoms with Crippen LogP contribution in [0.1, 0.15) is 11.1 Å². The van der Waals surface area contributed by atoms with E-state index in [1.165, 1.54) is 60.7 Å². The molecule has 0 aliphatic carbocycles. The number of aryl methyl sites for hydroxylation is 2. The average Bonchev–Trinajstić information content (AvgIpc) is 3.22. The Kier molecular flexibility index (Phi) is 10.7. The summed E-state index contributed by atoms with van der Waals surface area (Å²) in [6.07, 6.45) is 5.49. The summed E-state index contributed by atoms with van der Waals surface area (Å²) in [6, 6.07) is 61.3. The van der Waals surface area contributed by atoms with Gasteiger partial charge in [0, 0.05) is 44.1 Å². The quantitative estimate of drug-likeness (QED) is 0.128. The minimum atomic E-state index is 0. The molecule has 9 rings (SSSR count). The summed E-state index contributed by atoms with van der Waals surface area (Å²) >= 11 is 0. The average molecular weight is 858 g/mol. The topological polar surface area (TPSA) is 38.7 Å². The summed E-state index contributed by atoms with van der Waals surface area (Å²) < 4.78 is 0. The Morgan fingerprint density at radius 3 is 1.81 bits per heavy atom. The molecule has 0 unspecified atom stereocenters. The molecule has 0 saturated carbocycles. The Bertz CT molecular complexity index is 2600. The number of fused-ring (bicyclic) bond motifs is 3. The van der Waals surface area contributed by atoms with Crippen molar-refractivity contribution in [2.45, 2.75) is 13.8 Å². The normalized spacial score (nSPS) is 10.7. The molecule has 0 spiro atoms. The Labute approximate surface area is 324 Å². The van der Waals surface area contributed by atoms with Crippen molar-refractivity contribution in [3.05, 3.63) is 200 Å². The molecule has 4 heteroatoms. The number of pyridine rings is 3. The van der Waals surface area contributed by atoms with E-state index in [4.69, 9.17) is 4.98 Å². The van der Waals surface area contributed by atoms with Gasteiger partial charge < -0.3 is 9.97 Å². The second-order valence-electron chi connectivity index (χ2n) is 12.9. The first-order valence-corrected chi connectivity index (χ1v) is 17.4. The number of nitrogens with zero attached hydrogens (tertiary/aromatic N) is 3. The van der Waals surface area contributed by atoms with Crippen LogP contribution in [0.25, 0.3) is 77.6 Å². The zero-order valence-electron chi connectivity index (χ0n) is 29.4. The molecular weight excluding hydrogens is 823 g/mol.